The number of Topliss-reactive ketones (excluding diaryl/α,β-unsaturated/α-hetero) is 1. The molecule has 0 atom stereocenters. The van der Waals surface area contributed by atoms with Crippen molar-refractivity contribution in [3.63, 3.8) is 0 Å². The van der Waals surface area contributed by atoms with Crippen LogP contribution in [0.4, 0.5) is 4.39 Å². The molecule has 0 spiro atoms. The van der Waals surface area contributed by atoms with Gasteiger partial charge in [-0.05, 0) is 37.8 Å². The van der Waals surface area contributed by atoms with Crippen LogP contribution in [0.5, 0.6) is 0 Å². The summed E-state index contributed by atoms with van der Waals surface area (Å²) in [5.74, 6) is 0.411. The number of aryl methyl sites for hydroxylation is 1. The van der Waals surface area contributed by atoms with Crippen molar-refractivity contribution in [1.29, 1.82) is 0 Å². The first-order valence-corrected chi connectivity index (χ1v) is 10.6. The number of unbranched alkanes of at least 4 members (excludes halogenated alkanes) is 2. The van der Waals surface area contributed by atoms with Gasteiger partial charge >= 0.3 is 0 Å². The zero-order chi connectivity index (χ0) is 17.9. The van der Waals surface area contributed by atoms with E-state index in [1.165, 1.54) is 6.07 Å². The standard InChI is InChI=1S/C21H30FIO/c1-4-6-8-17(9-7-5-2)18(14-20(24)15-23)13-19-12-16(3)10-11-21(19)22/h10-13,17H,4-9,14-15H2,1-3H3. The van der Waals surface area contributed by atoms with Crippen molar-refractivity contribution in [1.82, 2.24) is 0 Å². The minimum absolute atomic E-state index is 0.204. The average Bonchev–Trinajstić information content (AvgIpc) is 2.57. The van der Waals surface area contributed by atoms with Crippen LogP contribution in [0.15, 0.2) is 23.8 Å². The number of halogens is 2. The number of carbonyl (C=O) groups is 1. The van der Waals surface area contributed by atoms with Crippen LogP contribution in [0.1, 0.15) is 69.9 Å². The first-order valence-electron chi connectivity index (χ1n) is 9.06. The van der Waals surface area contributed by atoms with Crippen LogP contribution < -0.4 is 0 Å². The van der Waals surface area contributed by atoms with E-state index in [4.69, 9.17) is 0 Å². The van der Waals surface area contributed by atoms with Gasteiger partial charge in [0.15, 0.2) is 0 Å². The molecule has 3 heteroatoms. The maximum absolute atomic E-state index is 14.2. The smallest absolute Gasteiger partial charge is 0.146 e. The van der Waals surface area contributed by atoms with E-state index in [2.05, 4.69) is 36.4 Å². The van der Waals surface area contributed by atoms with Gasteiger partial charge < -0.3 is 0 Å². The Morgan fingerprint density at radius 2 is 1.83 bits per heavy atom. The van der Waals surface area contributed by atoms with E-state index in [0.29, 0.717) is 22.3 Å². The number of benzene rings is 1. The van der Waals surface area contributed by atoms with Gasteiger partial charge in [-0.3, -0.25) is 4.79 Å². The molecule has 0 N–H and O–H groups in total. The van der Waals surface area contributed by atoms with Crippen LogP contribution in [0.25, 0.3) is 6.08 Å². The predicted molar refractivity (Wildman–Crippen MR) is 110 cm³/mol. The predicted octanol–water partition coefficient (Wildman–Crippen LogP) is 6.91. The third-order valence-corrected chi connectivity index (χ3v) is 5.23. The molecule has 0 bridgehead atoms. The van der Waals surface area contributed by atoms with Gasteiger partial charge in [-0.15, -0.1) is 0 Å². The number of hydrogen-bond acceptors (Lipinski definition) is 1. The summed E-state index contributed by atoms with van der Waals surface area (Å²) in [5, 5.41) is 0. The van der Waals surface area contributed by atoms with Crippen LogP contribution in [0.2, 0.25) is 0 Å². The van der Waals surface area contributed by atoms with E-state index in [1.54, 1.807) is 6.07 Å². The Hall–Kier alpha value is -0.710. The summed E-state index contributed by atoms with van der Waals surface area (Å²) in [6.07, 6.45) is 9.18. The average molecular weight is 444 g/mol. The van der Waals surface area contributed by atoms with Crippen molar-refractivity contribution in [3.8, 4) is 0 Å². The second kappa shape index (κ2) is 11.8. The minimum atomic E-state index is -0.204. The fourth-order valence-corrected chi connectivity index (χ4v) is 3.25. The molecule has 0 aliphatic carbocycles. The molecule has 0 saturated heterocycles. The molecule has 0 aliphatic heterocycles. The molecule has 134 valence electrons. The second-order valence-corrected chi connectivity index (χ2v) is 7.34. The van der Waals surface area contributed by atoms with Crippen molar-refractivity contribution >= 4 is 34.5 Å². The molecule has 1 nitrogen and oxygen atoms in total. The molecule has 1 aromatic carbocycles. The zero-order valence-corrected chi connectivity index (χ0v) is 17.4. The first kappa shape index (κ1) is 21.3. The summed E-state index contributed by atoms with van der Waals surface area (Å²) < 4.78 is 14.7. The van der Waals surface area contributed by atoms with Crippen LogP contribution in [0, 0.1) is 18.7 Å². The number of ketones is 1. The van der Waals surface area contributed by atoms with Gasteiger partial charge in [-0.1, -0.05) is 85.4 Å². The largest absolute Gasteiger partial charge is 0.298 e. The lowest BCUT2D eigenvalue weighted by Crippen LogP contribution is -2.11. The van der Waals surface area contributed by atoms with E-state index in [-0.39, 0.29) is 11.6 Å². The van der Waals surface area contributed by atoms with Gasteiger partial charge in [0.2, 0.25) is 0 Å². The number of carbonyl (C=O) groups excluding carboxylic acids is 1. The summed E-state index contributed by atoms with van der Waals surface area (Å²) in [7, 11) is 0. The Balaban J connectivity index is 3.17. The van der Waals surface area contributed by atoms with E-state index in [9.17, 15) is 9.18 Å². The van der Waals surface area contributed by atoms with Crippen LogP contribution in [0.3, 0.4) is 0 Å². The van der Waals surface area contributed by atoms with E-state index in [0.717, 1.165) is 49.7 Å². The third-order valence-electron chi connectivity index (χ3n) is 4.38. The first-order chi connectivity index (χ1) is 11.5. The van der Waals surface area contributed by atoms with E-state index < -0.39 is 0 Å². The van der Waals surface area contributed by atoms with Crippen LogP contribution >= 0.6 is 22.6 Å². The highest BCUT2D eigenvalue weighted by Gasteiger charge is 2.17. The Bertz CT molecular complexity index is 543. The molecule has 24 heavy (non-hydrogen) atoms. The monoisotopic (exact) mass is 444 g/mol. The quantitative estimate of drug-likeness (QED) is 0.268. The van der Waals surface area contributed by atoms with Crippen molar-refractivity contribution in [3.05, 3.63) is 40.7 Å². The molecule has 0 radical (unpaired) electrons. The molecular formula is C21H30FIO. The van der Waals surface area contributed by atoms with Gasteiger partial charge in [0.05, 0.1) is 4.43 Å². The van der Waals surface area contributed by atoms with Gasteiger partial charge in [0.1, 0.15) is 11.6 Å². The van der Waals surface area contributed by atoms with Crippen molar-refractivity contribution in [2.45, 2.75) is 65.7 Å². The lowest BCUT2D eigenvalue weighted by Gasteiger charge is -2.20. The number of alkyl halides is 1. The number of allylic oxidation sites excluding steroid dienone is 1. The fourth-order valence-electron chi connectivity index (χ4n) is 2.98. The van der Waals surface area contributed by atoms with Crippen LogP contribution in [-0.2, 0) is 4.79 Å². The lowest BCUT2D eigenvalue weighted by molar-refractivity contribution is -0.115. The highest BCUT2D eigenvalue weighted by Crippen LogP contribution is 2.29. The van der Waals surface area contributed by atoms with Crippen molar-refractivity contribution in [2.24, 2.45) is 5.92 Å². The molecule has 0 aliphatic rings. The minimum Gasteiger partial charge on any atom is -0.298 e. The van der Waals surface area contributed by atoms with Gasteiger partial charge in [0.25, 0.3) is 0 Å². The molecule has 0 aromatic heterocycles. The molecule has 0 fully saturated rings. The summed E-state index contributed by atoms with van der Waals surface area (Å²) in [5.41, 5.74) is 2.77. The third kappa shape index (κ3) is 7.45. The lowest BCUT2D eigenvalue weighted by atomic mass is 9.85. The SMILES string of the molecule is CCCCC(CCCC)C(=Cc1cc(C)ccc1F)CC(=O)CI. The molecule has 0 amide bonds. The zero-order valence-electron chi connectivity index (χ0n) is 15.2. The summed E-state index contributed by atoms with van der Waals surface area (Å²) in [6.45, 7) is 6.35. The van der Waals surface area contributed by atoms with Gasteiger partial charge in [0, 0.05) is 12.0 Å². The van der Waals surface area contributed by atoms with Crippen LogP contribution in [-0.4, -0.2) is 10.2 Å². The maximum Gasteiger partial charge on any atom is 0.146 e. The van der Waals surface area contributed by atoms with Crippen molar-refractivity contribution in [2.75, 3.05) is 4.43 Å². The van der Waals surface area contributed by atoms with Gasteiger partial charge in [-0.2, -0.15) is 0 Å². The number of hydrogen-bond donors (Lipinski definition) is 0. The maximum atomic E-state index is 14.2. The summed E-state index contributed by atoms with van der Waals surface area (Å²) in [4.78, 5) is 12.1. The second-order valence-electron chi connectivity index (χ2n) is 6.57. The topological polar surface area (TPSA) is 17.1 Å². The molecule has 1 aromatic rings. The van der Waals surface area contributed by atoms with E-state index in [1.807, 2.05) is 19.1 Å². The summed E-state index contributed by atoms with van der Waals surface area (Å²) >= 11 is 2.12. The Labute approximate surface area is 160 Å². The molecule has 1 rings (SSSR count). The molecular weight excluding hydrogens is 414 g/mol. The summed E-state index contributed by atoms with van der Waals surface area (Å²) in [6, 6.07) is 5.18. The molecule has 0 heterocycles. The highest BCUT2D eigenvalue weighted by molar-refractivity contribution is 14.1. The Kier molecular flexibility index (Phi) is 10.5. The Morgan fingerprint density at radius 1 is 1.21 bits per heavy atom. The highest BCUT2D eigenvalue weighted by atomic mass is 127. The van der Waals surface area contributed by atoms with E-state index >= 15 is 0 Å². The molecule has 0 saturated carbocycles. The molecule has 0 unspecified atom stereocenters. The van der Waals surface area contributed by atoms with Gasteiger partial charge in [-0.25, -0.2) is 4.39 Å². The Morgan fingerprint density at radius 3 is 2.38 bits per heavy atom. The number of rotatable bonds is 11. The normalized spacial score (nSPS) is 12.0. The van der Waals surface area contributed by atoms with Crippen molar-refractivity contribution < 1.29 is 9.18 Å². The fraction of sp³-hybridized carbons (Fsp3) is 0.571.